The molecule has 0 radical (unpaired) electrons. The lowest BCUT2D eigenvalue weighted by Crippen LogP contribution is -2.14. The van der Waals surface area contributed by atoms with Gasteiger partial charge in [-0.15, -0.1) is 0 Å². The third-order valence-electron chi connectivity index (χ3n) is 4.27. The maximum absolute atomic E-state index is 8.57. The molecule has 0 fully saturated rings. The highest BCUT2D eigenvalue weighted by molar-refractivity contribution is 5.32. The summed E-state index contributed by atoms with van der Waals surface area (Å²) < 4.78 is 21.4. The maximum atomic E-state index is 8.57. The normalized spacial score (nSPS) is 12.4. The Bertz CT molecular complexity index is 442. The average molecular weight is 387 g/mol. The van der Waals surface area contributed by atoms with Crippen molar-refractivity contribution in [2.24, 2.45) is 0 Å². The van der Waals surface area contributed by atoms with Crippen LogP contribution in [-0.2, 0) is 14.2 Å². The molecule has 1 atom stereocenters. The van der Waals surface area contributed by atoms with Crippen LogP contribution >= 0.6 is 0 Å². The quantitative estimate of drug-likeness (QED) is 0.351. The van der Waals surface area contributed by atoms with E-state index in [2.05, 4.69) is 24.3 Å². The van der Waals surface area contributed by atoms with Crippen LogP contribution in [0.2, 0.25) is 0 Å². The zero-order valence-corrected chi connectivity index (χ0v) is 17.1. The second-order valence-corrected chi connectivity index (χ2v) is 6.58. The molecular weight excluding hydrogens is 348 g/mol. The van der Waals surface area contributed by atoms with E-state index in [1.54, 1.807) is 0 Å². The first-order chi connectivity index (χ1) is 13.3. The van der Waals surface area contributed by atoms with Gasteiger partial charge in [-0.2, -0.15) is 0 Å². The summed E-state index contributed by atoms with van der Waals surface area (Å²) in [5.41, 5.74) is 1.06. The average Bonchev–Trinajstić information content (AvgIpc) is 3.14. The Kier molecular flexibility index (Phi) is 15.0. The number of aliphatic hydroxyl groups is 1. The largest absolute Gasteiger partial charge is 0.394 e. The molecule has 0 saturated heterocycles. The topological polar surface area (TPSA) is 86.0 Å². The number of ether oxygens (including phenoxy) is 3. The van der Waals surface area contributed by atoms with Gasteiger partial charge in [-0.3, -0.25) is 0 Å². The molecule has 0 aliphatic carbocycles. The van der Waals surface area contributed by atoms with E-state index in [1.165, 1.54) is 25.7 Å². The summed E-state index contributed by atoms with van der Waals surface area (Å²) in [4.78, 5) is 0. The Morgan fingerprint density at radius 3 is 2.33 bits per heavy atom. The van der Waals surface area contributed by atoms with E-state index in [-0.39, 0.29) is 6.61 Å². The van der Waals surface area contributed by atoms with Gasteiger partial charge in [0, 0.05) is 18.5 Å². The van der Waals surface area contributed by atoms with E-state index in [9.17, 15) is 0 Å². The molecule has 7 heteroatoms. The van der Waals surface area contributed by atoms with Crippen molar-refractivity contribution in [1.29, 1.82) is 0 Å². The van der Waals surface area contributed by atoms with Crippen LogP contribution in [0.15, 0.2) is 10.6 Å². The number of aromatic nitrogens is 1. The van der Waals surface area contributed by atoms with E-state index < -0.39 is 0 Å². The van der Waals surface area contributed by atoms with Gasteiger partial charge in [0.1, 0.15) is 0 Å². The number of hydrogen-bond donors (Lipinski definition) is 2. The lowest BCUT2D eigenvalue weighted by molar-refractivity contribution is 0.00917. The van der Waals surface area contributed by atoms with E-state index in [4.69, 9.17) is 23.8 Å². The molecule has 1 unspecified atom stereocenters. The fraction of sp³-hybridized carbons (Fsp3) is 0.850. The minimum Gasteiger partial charge on any atom is -0.394 e. The van der Waals surface area contributed by atoms with Gasteiger partial charge in [0.05, 0.1) is 51.9 Å². The minimum atomic E-state index is 0.0426. The lowest BCUT2D eigenvalue weighted by Gasteiger charge is -2.12. The van der Waals surface area contributed by atoms with Crippen LogP contribution in [0.4, 0.5) is 5.88 Å². The molecule has 0 aliphatic heterocycles. The number of nitrogens with one attached hydrogen (secondary N) is 1. The van der Waals surface area contributed by atoms with Gasteiger partial charge in [0.25, 0.3) is 0 Å². The number of unbranched alkanes of at least 4 members (excludes halogenated alkanes) is 2. The predicted octanol–water partition coefficient (Wildman–Crippen LogP) is 3.59. The van der Waals surface area contributed by atoms with Gasteiger partial charge in [0.15, 0.2) is 0 Å². The SMILES string of the molecule is CCCCCC(CCC)c1cc(NCCOCCOCCOCCO)on1. The first-order valence-electron chi connectivity index (χ1n) is 10.4. The summed E-state index contributed by atoms with van der Waals surface area (Å²) >= 11 is 0. The Morgan fingerprint density at radius 1 is 0.963 bits per heavy atom. The summed E-state index contributed by atoms with van der Waals surface area (Å²) in [6, 6.07) is 2.03. The number of rotatable bonds is 19. The molecule has 1 rings (SSSR count). The summed E-state index contributed by atoms with van der Waals surface area (Å²) in [6.45, 7) is 8.17. The third-order valence-corrected chi connectivity index (χ3v) is 4.27. The second kappa shape index (κ2) is 17.0. The minimum absolute atomic E-state index is 0.0426. The summed E-state index contributed by atoms with van der Waals surface area (Å²) in [6.07, 6.45) is 7.27. The van der Waals surface area contributed by atoms with Crippen LogP contribution < -0.4 is 5.32 Å². The molecule has 0 aromatic carbocycles. The molecule has 0 bridgehead atoms. The van der Waals surface area contributed by atoms with E-state index in [1.807, 2.05) is 6.07 Å². The van der Waals surface area contributed by atoms with Gasteiger partial charge in [-0.05, 0) is 12.8 Å². The number of aliphatic hydroxyl groups excluding tert-OH is 1. The Balaban J connectivity index is 2.10. The van der Waals surface area contributed by atoms with Crippen LogP contribution in [0, 0.1) is 0 Å². The predicted molar refractivity (Wildman–Crippen MR) is 106 cm³/mol. The van der Waals surface area contributed by atoms with Crippen molar-refractivity contribution >= 4 is 5.88 Å². The summed E-state index contributed by atoms with van der Waals surface area (Å²) in [7, 11) is 0. The molecule has 0 amide bonds. The van der Waals surface area contributed by atoms with Crippen molar-refractivity contribution in [3.05, 3.63) is 11.8 Å². The summed E-state index contributed by atoms with van der Waals surface area (Å²) in [5.74, 6) is 1.21. The monoisotopic (exact) mass is 386 g/mol. The van der Waals surface area contributed by atoms with Crippen molar-refractivity contribution in [3.63, 3.8) is 0 Å². The van der Waals surface area contributed by atoms with Crippen molar-refractivity contribution in [3.8, 4) is 0 Å². The van der Waals surface area contributed by atoms with Crippen LogP contribution in [-0.4, -0.2) is 63.1 Å². The Morgan fingerprint density at radius 2 is 1.67 bits per heavy atom. The molecular formula is C20H38N2O5. The van der Waals surface area contributed by atoms with E-state index >= 15 is 0 Å². The van der Waals surface area contributed by atoms with Gasteiger partial charge >= 0.3 is 0 Å². The van der Waals surface area contributed by atoms with E-state index in [0.717, 1.165) is 18.5 Å². The second-order valence-electron chi connectivity index (χ2n) is 6.58. The molecule has 1 aromatic rings. The van der Waals surface area contributed by atoms with Crippen molar-refractivity contribution in [1.82, 2.24) is 5.16 Å². The number of hydrogen-bond acceptors (Lipinski definition) is 7. The number of anilines is 1. The molecule has 1 aromatic heterocycles. The molecule has 27 heavy (non-hydrogen) atoms. The van der Waals surface area contributed by atoms with Crippen LogP contribution in [0.3, 0.4) is 0 Å². The van der Waals surface area contributed by atoms with E-state index in [0.29, 0.717) is 58.0 Å². The fourth-order valence-electron chi connectivity index (χ4n) is 2.85. The van der Waals surface area contributed by atoms with Crippen LogP contribution in [0.5, 0.6) is 0 Å². The van der Waals surface area contributed by atoms with Crippen LogP contribution in [0.25, 0.3) is 0 Å². The highest BCUT2D eigenvalue weighted by Gasteiger charge is 2.15. The van der Waals surface area contributed by atoms with Crippen molar-refractivity contribution in [2.45, 2.75) is 58.3 Å². The third kappa shape index (κ3) is 12.0. The van der Waals surface area contributed by atoms with Crippen LogP contribution in [0.1, 0.15) is 64.0 Å². The molecule has 7 nitrogen and oxygen atoms in total. The molecule has 2 N–H and O–H groups in total. The molecule has 158 valence electrons. The van der Waals surface area contributed by atoms with Crippen molar-refractivity contribution in [2.75, 3.05) is 58.1 Å². The van der Waals surface area contributed by atoms with Crippen molar-refractivity contribution < 1.29 is 23.8 Å². The summed E-state index contributed by atoms with van der Waals surface area (Å²) in [5, 5.41) is 16.0. The van der Waals surface area contributed by atoms with Gasteiger partial charge in [-0.25, -0.2) is 0 Å². The number of nitrogens with zero attached hydrogens (tertiary/aromatic N) is 1. The first-order valence-corrected chi connectivity index (χ1v) is 10.4. The Labute approximate surface area is 163 Å². The maximum Gasteiger partial charge on any atom is 0.224 e. The highest BCUT2D eigenvalue weighted by Crippen LogP contribution is 2.28. The zero-order valence-electron chi connectivity index (χ0n) is 17.1. The van der Waals surface area contributed by atoms with Gasteiger partial charge in [-0.1, -0.05) is 44.7 Å². The first kappa shape index (κ1) is 23.9. The molecule has 0 spiro atoms. The molecule has 0 saturated carbocycles. The highest BCUT2D eigenvalue weighted by atomic mass is 16.5. The standard InChI is InChI=1S/C20H38N2O5/c1-3-5-6-8-18(7-4-2)19-17-20(27-22-19)21-9-11-24-13-15-26-16-14-25-12-10-23/h17-18,21,23H,3-16H2,1-2H3. The lowest BCUT2D eigenvalue weighted by atomic mass is 9.93. The molecule has 1 heterocycles. The molecule has 0 aliphatic rings. The van der Waals surface area contributed by atoms with Gasteiger partial charge in [0.2, 0.25) is 5.88 Å². The fourth-order valence-corrected chi connectivity index (χ4v) is 2.85. The zero-order chi connectivity index (χ0) is 19.6. The van der Waals surface area contributed by atoms with Gasteiger partial charge < -0.3 is 29.2 Å². The Hall–Kier alpha value is -1.15. The smallest absolute Gasteiger partial charge is 0.224 e.